The molecule has 2 aliphatic rings. The second-order valence-corrected chi connectivity index (χ2v) is 10.2. The number of para-hydroxylation sites is 1. The highest BCUT2D eigenvalue weighted by Crippen LogP contribution is 2.34. The summed E-state index contributed by atoms with van der Waals surface area (Å²) in [6.45, 7) is 0.631. The minimum atomic E-state index is -0.246. The summed E-state index contributed by atoms with van der Waals surface area (Å²) in [5.41, 5.74) is 2.96. The van der Waals surface area contributed by atoms with Crippen molar-refractivity contribution >= 4 is 45.8 Å². The number of thioether (sulfide) groups is 1. The van der Waals surface area contributed by atoms with Gasteiger partial charge in [-0.1, -0.05) is 61.4 Å². The number of fused-ring (bicyclic) bond motifs is 1. The van der Waals surface area contributed by atoms with Crippen molar-refractivity contribution < 1.29 is 14.4 Å². The number of carbonyl (C=O) groups is 3. The Morgan fingerprint density at radius 1 is 1.03 bits per heavy atom. The van der Waals surface area contributed by atoms with Crippen LogP contribution in [0.15, 0.2) is 65.7 Å². The molecule has 2 fully saturated rings. The van der Waals surface area contributed by atoms with Crippen molar-refractivity contribution in [2.45, 2.75) is 51.1 Å². The number of hydrogen-bond acceptors (Lipinski definition) is 4. The van der Waals surface area contributed by atoms with Gasteiger partial charge in [-0.25, -0.2) is 0 Å². The van der Waals surface area contributed by atoms with Crippen molar-refractivity contribution in [1.82, 2.24) is 14.8 Å². The minimum Gasteiger partial charge on any atom is -0.352 e. The van der Waals surface area contributed by atoms with Crippen molar-refractivity contribution in [3.63, 3.8) is 0 Å². The van der Waals surface area contributed by atoms with E-state index in [1.165, 1.54) is 23.3 Å². The van der Waals surface area contributed by atoms with Gasteiger partial charge in [-0.15, -0.1) is 0 Å². The van der Waals surface area contributed by atoms with E-state index >= 15 is 0 Å². The van der Waals surface area contributed by atoms with Crippen LogP contribution in [0.4, 0.5) is 4.79 Å². The zero-order valence-electron chi connectivity index (χ0n) is 19.6. The third-order valence-electron chi connectivity index (χ3n) is 6.70. The van der Waals surface area contributed by atoms with Crippen LogP contribution in [0.25, 0.3) is 17.0 Å². The fourth-order valence-electron chi connectivity index (χ4n) is 4.94. The fourth-order valence-corrected chi connectivity index (χ4v) is 5.80. The maximum atomic E-state index is 13.0. The van der Waals surface area contributed by atoms with Crippen LogP contribution < -0.4 is 5.32 Å². The molecule has 1 aromatic heterocycles. The van der Waals surface area contributed by atoms with Gasteiger partial charge in [0.25, 0.3) is 11.1 Å². The second kappa shape index (κ2) is 10.5. The number of carbonyl (C=O) groups excluding carboxylic acids is 3. The van der Waals surface area contributed by atoms with Gasteiger partial charge in [-0.05, 0) is 55.2 Å². The van der Waals surface area contributed by atoms with Crippen LogP contribution in [0, 0.1) is 0 Å². The summed E-state index contributed by atoms with van der Waals surface area (Å²) in [7, 11) is 0. The summed E-state index contributed by atoms with van der Waals surface area (Å²) in [4.78, 5) is 40.0. The summed E-state index contributed by atoms with van der Waals surface area (Å²) in [6.07, 6.45) is 9.67. The van der Waals surface area contributed by atoms with Crippen LogP contribution >= 0.6 is 11.8 Å². The molecule has 0 radical (unpaired) electrons. The lowest BCUT2D eigenvalue weighted by molar-refractivity contribution is -0.123. The molecule has 2 aromatic carbocycles. The standard InChI is InChI=1S/C28H29N3O3S/c32-26(29-22-12-4-5-13-22)19-30-18-21(23-14-6-7-15-24(23)30)17-25-27(33)31(28(34)35-25)16-8-11-20-9-2-1-3-10-20/h1-3,6-7,9-10,14-15,17-18,22H,4-5,8,11-13,16,19H2,(H,29,32)/b25-17-. The van der Waals surface area contributed by atoms with E-state index in [1.807, 2.05) is 53.2 Å². The highest BCUT2D eigenvalue weighted by Gasteiger charge is 2.34. The number of aryl methyl sites for hydroxylation is 1. The van der Waals surface area contributed by atoms with Gasteiger partial charge in [-0.2, -0.15) is 0 Å². The molecule has 5 rings (SSSR count). The largest absolute Gasteiger partial charge is 0.352 e. The average molecular weight is 488 g/mol. The zero-order chi connectivity index (χ0) is 24.2. The van der Waals surface area contributed by atoms with Crippen LogP contribution in [-0.2, 0) is 22.6 Å². The second-order valence-electron chi connectivity index (χ2n) is 9.20. The van der Waals surface area contributed by atoms with E-state index in [-0.39, 0.29) is 29.6 Å². The van der Waals surface area contributed by atoms with Crippen LogP contribution in [-0.4, -0.2) is 39.1 Å². The smallest absolute Gasteiger partial charge is 0.293 e. The predicted octanol–water partition coefficient (Wildman–Crippen LogP) is 5.37. The van der Waals surface area contributed by atoms with Crippen molar-refractivity contribution in [1.29, 1.82) is 0 Å². The molecule has 0 spiro atoms. The van der Waals surface area contributed by atoms with Gasteiger partial charge in [-0.3, -0.25) is 19.3 Å². The predicted molar refractivity (Wildman–Crippen MR) is 140 cm³/mol. The molecule has 1 N–H and O–H groups in total. The number of hydrogen-bond donors (Lipinski definition) is 1. The molecule has 3 amide bonds. The third-order valence-corrected chi connectivity index (χ3v) is 7.61. The SMILES string of the molecule is O=C(Cn1cc(/C=C2\SC(=O)N(CCCc3ccccc3)C2=O)c2ccccc21)NC1CCCC1. The molecule has 0 bridgehead atoms. The summed E-state index contributed by atoms with van der Waals surface area (Å²) in [5.74, 6) is -0.244. The molecule has 0 atom stereocenters. The van der Waals surface area contributed by atoms with E-state index in [0.29, 0.717) is 11.4 Å². The third kappa shape index (κ3) is 5.35. The number of nitrogens with one attached hydrogen (secondary N) is 1. The van der Waals surface area contributed by atoms with Gasteiger partial charge in [0.1, 0.15) is 6.54 Å². The first-order chi connectivity index (χ1) is 17.1. The molecule has 1 aliphatic carbocycles. The Hall–Kier alpha value is -3.32. The molecule has 1 saturated heterocycles. The molecule has 0 unspecified atom stereocenters. The Labute approximate surface area is 209 Å². The summed E-state index contributed by atoms with van der Waals surface area (Å²) in [6, 6.07) is 18.2. The molecule has 1 saturated carbocycles. The molecular formula is C28H29N3O3S. The monoisotopic (exact) mass is 487 g/mol. The van der Waals surface area contributed by atoms with Gasteiger partial charge in [0, 0.05) is 35.2 Å². The lowest BCUT2D eigenvalue weighted by Gasteiger charge is -2.12. The van der Waals surface area contributed by atoms with Gasteiger partial charge < -0.3 is 9.88 Å². The highest BCUT2D eigenvalue weighted by molar-refractivity contribution is 8.18. The lowest BCUT2D eigenvalue weighted by Crippen LogP contribution is -2.35. The van der Waals surface area contributed by atoms with E-state index in [0.717, 1.165) is 53.9 Å². The van der Waals surface area contributed by atoms with Crippen molar-refractivity contribution in [3.8, 4) is 0 Å². The maximum absolute atomic E-state index is 13.0. The Bertz CT molecular complexity index is 1280. The first-order valence-electron chi connectivity index (χ1n) is 12.2. The number of aromatic nitrogens is 1. The summed E-state index contributed by atoms with van der Waals surface area (Å²) < 4.78 is 1.93. The van der Waals surface area contributed by atoms with Crippen LogP contribution in [0.3, 0.4) is 0 Å². The topological polar surface area (TPSA) is 71.4 Å². The Balaban J connectivity index is 1.30. The van der Waals surface area contributed by atoms with E-state index in [2.05, 4.69) is 17.4 Å². The number of nitrogens with zero attached hydrogens (tertiary/aromatic N) is 2. The van der Waals surface area contributed by atoms with E-state index in [4.69, 9.17) is 0 Å². The average Bonchev–Trinajstić information content (AvgIpc) is 3.56. The lowest BCUT2D eigenvalue weighted by atomic mass is 10.1. The molecule has 2 heterocycles. The van der Waals surface area contributed by atoms with Crippen LogP contribution in [0.1, 0.15) is 43.2 Å². The number of imide groups is 1. The maximum Gasteiger partial charge on any atom is 0.293 e. The summed E-state index contributed by atoms with van der Waals surface area (Å²) in [5, 5.41) is 3.87. The Kier molecular flexibility index (Phi) is 7.04. The van der Waals surface area contributed by atoms with Gasteiger partial charge in [0.2, 0.25) is 5.91 Å². The van der Waals surface area contributed by atoms with Crippen molar-refractivity contribution in [2.75, 3.05) is 6.54 Å². The van der Waals surface area contributed by atoms with Gasteiger partial charge >= 0.3 is 0 Å². The molecule has 3 aromatic rings. The van der Waals surface area contributed by atoms with Gasteiger partial charge in [0.05, 0.1) is 4.91 Å². The molecule has 180 valence electrons. The molecule has 6 nitrogen and oxygen atoms in total. The highest BCUT2D eigenvalue weighted by atomic mass is 32.2. The van der Waals surface area contributed by atoms with Crippen molar-refractivity contribution in [3.05, 3.63) is 76.8 Å². The first kappa shape index (κ1) is 23.4. The van der Waals surface area contributed by atoms with E-state index in [9.17, 15) is 14.4 Å². The molecule has 35 heavy (non-hydrogen) atoms. The molecule has 1 aliphatic heterocycles. The Morgan fingerprint density at radius 3 is 2.57 bits per heavy atom. The van der Waals surface area contributed by atoms with E-state index in [1.54, 1.807) is 6.08 Å². The normalized spacial score (nSPS) is 17.7. The number of benzene rings is 2. The van der Waals surface area contributed by atoms with Crippen molar-refractivity contribution in [2.24, 2.45) is 0 Å². The fraction of sp³-hybridized carbons (Fsp3) is 0.321. The number of rotatable bonds is 8. The van der Waals surface area contributed by atoms with Crippen LogP contribution in [0.5, 0.6) is 0 Å². The summed E-state index contributed by atoms with van der Waals surface area (Å²) >= 11 is 0.986. The Morgan fingerprint density at radius 2 is 1.77 bits per heavy atom. The number of amides is 3. The van der Waals surface area contributed by atoms with E-state index < -0.39 is 0 Å². The molecule has 7 heteroatoms. The quantitative estimate of drug-likeness (QED) is 0.434. The van der Waals surface area contributed by atoms with Crippen LogP contribution in [0.2, 0.25) is 0 Å². The minimum absolute atomic E-state index is 0.00272. The molecular weight excluding hydrogens is 458 g/mol. The first-order valence-corrected chi connectivity index (χ1v) is 13.1. The zero-order valence-corrected chi connectivity index (χ0v) is 20.4. The van der Waals surface area contributed by atoms with Gasteiger partial charge in [0.15, 0.2) is 0 Å².